The molecule has 0 bridgehead atoms. The molecule has 0 spiro atoms. The predicted octanol–water partition coefficient (Wildman–Crippen LogP) is 2.77. The summed E-state index contributed by atoms with van der Waals surface area (Å²) in [4.78, 5) is 22.0. The van der Waals surface area contributed by atoms with Crippen LogP contribution in [0.2, 0.25) is 0 Å². The normalized spacial score (nSPS) is 23.0. The van der Waals surface area contributed by atoms with E-state index in [1.54, 1.807) is 18.3 Å². The highest BCUT2D eigenvalue weighted by molar-refractivity contribution is 5.76. The Labute approximate surface area is 164 Å². The number of halogens is 1. The zero-order valence-corrected chi connectivity index (χ0v) is 16.2. The molecule has 0 amide bonds. The Hall–Kier alpha value is -2.25. The Balaban J connectivity index is 1.74. The summed E-state index contributed by atoms with van der Waals surface area (Å²) in [5, 5.41) is 20.6. The van der Waals surface area contributed by atoms with E-state index < -0.39 is 17.5 Å². The largest absolute Gasteiger partial charge is 0.481 e. The van der Waals surface area contributed by atoms with Crippen molar-refractivity contribution in [3.8, 4) is 0 Å². The zero-order chi connectivity index (χ0) is 20.1. The molecule has 1 aromatic heterocycles. The predicted molar refractivity (Wildman–Crippen MR) is 103 cm³/mol. The van der Waals surface area contributed by atoms with Gasteiger partial charge in [-0.3, -0.25) is 9.69 Å². The number of imidazole rings is 1. The number of aliphatic hydroxyl groups excluding tert-OH is 1. The number of likely N-dealkylation sites (tertiary alicyclic amines) is 1. The van der Waals surface area contributed by atoms with Gasteiger partial charge < -0.3 is 15.2 Å². The second-order valence-corrected chi connectivity index (χ2v) is 7.74. The van der Waals surface area contributed by atoms with Gasteiger partial charge in [0.15, 0.2) is 0 Å². The number of rotatable bonds is 8. The van der Waals surface area contributed by atoms with E-state index in [4.69, 9.17) is 0 Å². The Kier molecular flexibility index (Phi) is 6.46. The molecule has 1 aliphatic heterocycles. The van der Waals surface area contributed by atoms with E-state index in [1.165, 1.54) is 12.1 Å². The van der Waals surface area contributed by atoms with Gasteiger partial charge in [0.2, 0.25) is 0 Å². The van der Waals surface area contributed by atoms with Crippen molar-refractivity contribution in [2.45, 2.75) is 51.7 Å². The van der Waals surface area contributed by atoms with Crippen LogP contribution in [0.3, 0.4) is 0 Å². The molecule has 0 aliphatic carbocycles. The summed E-state index contributed by atoms with van der Waals surface area (Å²) in [6.45, 7) is 3.53. The van der Waals surface area contributed by atoms with Crippen LogP contribution in [0.15, 0.2) is 30.5 Å². The van der Waals surface area contributed by atoms with Gasteiger partial charge in [0.25, 0.3) is 0 Å². The van der Waals surface area contributed by atoms with Gasteiger partial charge in [-0.25, -0.2) is 9.37 Å². The third-order valence-electron chi connectivity index (χ3n) is 5.56. The van der Waals surface area contributed by atoms with Gasteiger partial charge in [-0.05, 0) is 37.0 Å². The van der Waals surface area contributed by atoms with Crippen LogP contribution in [0, 0.1) is 11.2 Å². The molecule has 152 valence electrons. The summed E-state index contributed by atoms with van der Waals surface area (Å²) in [5.74, 6) is -0.441. The van der Waals surface area contributed by atoms with E-state index in [0.717, 1.165) is 30.8 Å². The van der Waals surface area contributed by atoms with Crippen molar-refractivity contribution in [1.29, 1.82) is 0 Å². The first-order chi connectivity index (χ1) is 13.4. The fourth-order valence-corrected chi connectivity index (χ4v) is 3.92. The lowest BCUT2D eigenvalue weighted by molar-refractivity contribution is -0.163. The van der Waals surface area contributed by atoms with Crippen molar-refractivity contribution >= 4 is 5.97 Å². The molecule has 28 heavy (non-hydrogen) atoms. The standard InChI is InChI=1S/C21H28FN3O3/c1-2-3-4-19-23-12-17(24-19)13-25-10-9-18(26)21(14-25,20(27)28)11-15-5-7-16(22)8-6-15/h5-8,12,18,26H,2-4,9-11,13-14H2,1H3,(H,23,24)(H,27,28)/t18-,21-/m1/s1. The summed E-state index contributed by atoms with van der Waals surface area (Å²) in [7, 11) is 0. The van der Waals surface area contributed by atoms with E-state index in [0.29, 0.717) is 25.1 Å². The highest BCUT2D eigenvalue weighted by atomic mass is 19.1. The van der Waals surface area contributed by atoms with Gasteiger partial charge in [0.1, 0.15) is 17.1 Å². The molecule has 0 unspecified atom stereocenters. The number of aromatic nitrogens is 2. The maximum absolute atomic E-state index is 13.2. The number of carboxylic acid groups (broad SMARTS) is 1. The third kappa shape index (κ3) is 4.59. The molecule has 6 nitrogen and oxygen atoms in total. The second-order valence-electron chi connectivity index (χ2n) is 7.74. The van der Waals surface area contributed by atoms with Crippen LogP contribution in [-0.4, -0.2) is 50.2 Å². The lowest BCUT2D eigenvalue weighted by atomic mass is 9.73. The maximum Gasteiger partial charge on any atom is 0.313 e. The summed E-state index contributed by atoms with van der Waals surface area (Å²) >= 11 is 0. The molecule has 0 radical (unpaired) electrons. The number of benzene rings is 1. The first kappa shape index (κ1) is 20.5. The minimum absolute atomic E-state index is 0.158. The van der Waals surface area contributed by atoms with Crippen LogP contribution in [0.1, 0.15) is 43.3 Å². The molecule has 3 N–H and O–H groups in total. The first-order valence-corrected chi connectivity index (χ1v) is 9.84. The quantitative estimate of drug-likeness (QED) is 0.646. The monoisotopic (exact) mass is 389 g/mol. The molecule has 1 saturated heterocycles. The van der Waals surface area contributed by atoms with E-state index in [2.05, 4.69) is 16.9 Å². The minimum Gasteiger partial charge on any atom is -0.481 e. The SMILES string of the molecule is CCCCc1ncc(CN2CC[C@@H](O)[C@](Cc3ccc(F)cc3)(C(=O)O)C2)[nH]1. The number of nitrogens with zero attached hydrogens (tertiary/aromatic N) is 2. The van der Waals surface area contributed by atoms with Gasteiger partial charge in [0.05, 0.1) is 6.10 Å². The molecular formula is C21H28FN3O3. The van der Waals surface area contributed by atoms with Crippen molar-refractivity contribution in [2.24, 2.45) is 5.41 Å². The van der Waals surface area contributed by atoms with Gasteiger partial charge in [0, 0.05) is 37.9 Å². The van der Waals surface area contributed by atoms with Crippen LogP contribution in [0.5, 0.6) is 0 Å². The van der Waals surface area contributed by atoms with E-state index in [1.807, 2.05) is 4.90 Å². The molecule has 2 heterocycles. The van der Waals surface area contributed by atoms with Crippen LogP contribution < -0.4 is 0 Å². The minimum atomic E-state index is -1.32. The summed E-state index contributed by atoms with van der Waals surface area (Å²) in [6.07, 6.45) is 4.47. The van der Waals surface area contributed by atoms with Crippen molar-refractivity contribution < 1.29 is 19.4 Å². The Morgan fingerprint density at radius 1 is 1.39 bits per heavy atom. The summed E-state index contributed by atoms with van der Waals surface area (Å²) in [6, 6.07) is 5.81. The van der Waals surface area contributed by atoms with Crippen LogP contribution in [-0.2, 0) is 24.2 Å². The molecule has 2 atom stereocenters. The molecule has 7 heteroatoms. The molecule has 1 aromatic carbocycles. The molecule has 1 fully saturated rings. The maximum atomic E-state index is 13.2. The van der Waals surface area contributed by atoms with Gasteiger partial charge in [-0.1, -0.05) is 25.5 Å². The Morgan fingerprint density at radius 3 is 2.82 bits per heavy atom. The average molecular weight is 389 g/mol. The number of nitrogens with one attached hydrogen (secondary N) is 1. The number of H-pyrrole nitrogens is 1. The Morgan fingerprint density at radius 2 is 2.14 bits per heavy atom. The van der Waals surface area contributed by atoms with Crippen molar-refractivity contribution in [3.63, 3.8) is 0 Å². The fraction of sp³-hybridized carbons (Fsp3) is 0.524. The number of piperidine rings is 1. The molecule has 1 aliphatic rings. The number of carboxylic acids is 1. The van der Waals surface area contributed by atoms with Gasteiger partial charge >= 0.3 is 5.97 Å². The van der Waals surface area contributed by atoms with Crippen LogP contribution in [0.4, 0.5) is 4.39 Å². The lowest BCUT2D eigenvalue weighted by Crippen LogP contribution is -2.56. The number of aromatic amines is 1. The van der Waals surface area contributed by atoms with Crippen molar-refractivity contribution in [2.75, 3.05) is 13.1 Å². The number of unbranched alkanes of at least 4 members (excludes halogenated alkanes) is 1. The van der Waals surface area contributed by atoms with E-state index in [-0.39, 0.29) is 18.8 Å². The topological polar surface area (TPSA) is 89.4 Å². The van der Waals surface area contributed by atoms with Gasteiger partial charge in [-0.15, -0.1) is 0 Å². The number of aryl methyl sites for hydroxylation is 1. The average Bonchev–Trinajstić information content (AvgIpc) is 3.11. The number of aliphatic hydroxyl groups is 1. The number of aliphatic carboxylic acids is 1. The molecular weight excluding hydrogens is 361 g/mol. The number of carbonyl (C=O) groups is 1. The fourth-order valence-electron chi connectivity index (χ4n) is 3.92. The lowest BCUT2D eigenvalue weighted by Gasteiger charge is -2.43. The highest BCUT2D eigenvalue weighted by Crippen LogP contribution is 2.35. The smallest absolute Gasteiger partial charge is 0.313 e. The van der Waals surface area contributed by atoms with Crippen LogP contribution >= 0.6 is 0 Å². The number of hydrogen-bond donors (Lipinski definition) is 3. The van der Waals surface area contributed by atoms with Gasteiger partial charge in [-0.2, -0.15) is 0 Å². The summed E-state index contributed by atoms with van der Waals surface area (Å²) in [5.41, 5.74) is 0.331. The molecule has 0 saturated carbocycles. The third-order valence-corrected chi connectivity index (χ3v) is 5.56. The highest BCUT2D eigenvalue weighted by Gasteiger charge is 2.49. The van der Waals surface area contributed by atoms with Crippen molar-refractivity contribution in [1.82, 2.24) is 14.9 Å². The van der Waals surface area contributed by atoms with E-state index in [9.17, 15) is 19.4 Å². The van der Waals surface area contributed by atoms with Crippen LogP contribution in [0.25, 0.3) is 0 Å². The molecule has 2 aromatic rings. The van der Waals surface area contributed by atoms with Crippen molar-refractivity contribution in [3.05, 3.63) is 53.4 Å². The zero-order valence-electron chi connectivity index (χ0n) is 16.2. The first-order valence-electron chi connectivity index (χ1n) is 9.84. The molecule has 3 rings (SSSR count). The van der Waals surface area contributed by atoms with E-state index >= 15 is 0 Å². The Bertz CT molecular complexity index is 792. The number of hydrogen-bond acceptors (Lipinski definition) is 4. The second kappa shape index (κ2) is 8.84. The summed E-state index contributed by atoms with van der Waals surface area (Å²) < 4.78 is 13.2.